The van der Waals surface area contributed by atoms with E-state index in [2.05, 4.69) is 10.6 Å². The van der Waals surface area contributed by atoms with Crippen molar-refractivity contribution in [3.05, 3.63) is 0 Å². The van der Waals surface area contributed by atoms with Crippen LogP contribution in [0.4, 0.5) is 0 Å². The molecule has 1 heterocycles. The van der Waals surface area contributed by atoms with E-state index in [0.717, 1.165) is 0 Å². The van der Waals surface area contributed by atoms with Crippen molar-refractivity contribution in [1.29, 1.82) is 0 Å². The summed E-state index contributed by atoms with van der Waals surface area (Å²) in [6, 6.07) is -1.85. The maximum absolute atomic E-state index is 12.6. The van der Waals surface area contributed by atoms with Crippen molar-refractivity contribution in [2.75, 3.05) is 13.7 Å². The lowest BCUT2D eigenvalue weighted by Crippen LogP contribution is -2.65. The number of hydrogen-bond acceptors (Lipinski definition) is 10. The third-order valence-electron chi connectivity index (χ3n) is 4.60. The molecule has 31 heavy (non-hydrogen) atoms. The fourth-order valence-corrected chi connectivity index (χ4v) is 3.61. The van der Waals surface area contributed by atoms with Crippen LogP contribution in [0.1, 0.15) is 27.7 Å². The number of carbonyl (C=O) groups is 4. The first-order chi connectivity index (χ1) is 14.4. The number of ether oxygens (including phenoxy) is 3. The zero-order valence-corrected chi connectivity index (χ0v) is 18.9. The highest BCUT2D eigenvalue weighted by atomic mass is 32.2. The number of thioether (sulfide) groups is 1. The predicted octanol–water partition coefficient (Wildman–Crippen LogP) is -2.37. The molecular weight excluding hydrogens is 434 g/mol. The Morgan fingerprint density at radius 1 is 1.23 bits per heavy atom. The van der Waals surface area contributed by atoms with Gasteiger partial charge in [0.1, 0.15) is 36.5 Å². The van der Waals surface area contributed by atoms with Crippen LogP contribution >= 0.6 is 11.8 Å². The lowest BCUT2D eigenvalue weighted by molar-refractivity contribution is -0.273. The van der Waals surface area contributed by atoms with Crippen molar-refractivity contribution in [1.82, 2.24) is 10.6 Å². The second-order valence-electron chi connectivity index (χ2n) is 7.13. The van der Waals surface area contributed by atoms with Crippen LogP contribution in [0.25, 0.3) is 0 Å². The van der Waals surface area contributed by atoms with E-state index >= 15 is 0 Å². The molecule has 13 heteroatoms. The van der Waals surface area contributed by atoms with Gasteiger partial charge in [0.05, 0.1) is 11.9 Å². The van der Waals surface area contributed by atoms with Gasteiger partial charge in [-0.15, -0.1) is 0 Å². The highest BCUT2D eigenvalue weighted by molar-refractivity contribution is 8.14. The molecule has 0 aromatic rings. The Labute approximate surface area is 184 Å². The van der Waals surface area contributed by atoms with Crippen molar-refractivity contribution in [3.63, 3.8) is 0 Å². The number of methoxy groups -OCH3 is 1. The zero-order chi connectivity index (χ0) is 23.9. The number of carbonyl (C=O) groups excluding carboxylic acids is 4. The molecule has 0 bridgehead atoms. The normalized spacial score (nSPS) is 28.8. The summed E-state index contributed by atoms with van der Waals surface area (Å²) in [4.78, 5) is 47.4. The van der Waals surface area contributed by atoms with Crippen LogP contribution in [0.15, 0.2) is 0 Å². The Morgan fingerprint density at radius 3 is 2.32 bits per heavy atom. The molecule has 178 valence electrons. The maximum Gasteiger partial charge on any atom is 0.239 e. The van der Waals surface area contributed by atoms with Crippen LogP contribution in [0.2, 0.25) is 0 Å². The summed E-state index contributed by atoms with van der Waals surface area (Å²) in [6.45, 7) is 5.04. The topological polar surface area (TPSA) is 187 Å². The summed E-state index contributed by atoms with van der Waals surface area (Å²) in [5, 5.41) is 23.6. The molecule has 6 N–H and O–H groups in total. The van der Waals surface area contributed by atoms with Gasteiger partial charge in [-0.3, -0.25) is 19.2 Å². The summed E-state index contributed by atoms with van der Waals surface area (Å²) in [6.07, 6.45) is -5.71. The summed E-state index contributed by atoms with van der Waals surface area (Å²) in [5.74, 6) is -1.71. The molecule has 0 aromatic carbocycles. The first-order valence-corrected chi connectivity index (χ1v) is 10.5. The van der Waals surface area contributed by atoms with E-state index in [4.69, 9.17) is 19.9 Å². The van der Waals surface area contributed by atoms with Crippen LogP contribution in [-0.2, 0) is 33.4 Å². The highest BCUT2D eigenvalue weighted by Crippen LogP contribution is 2.26. The first kappa shape index (κ1) is 27.3. The number of nitrogens with one attached hydrogen (secondary N) is 2. The monoisotopic (exact) mass is 465 g/mol. The fourth-order valence-electron chi connectivity index (χ4n) is 2.84. The van der Waals surface area contributed by atoms with Crippen molar-refractivity contribution < 1.29 is 43.6 Å². The molecule has 0 spiro atoms. The van der Waals surface area contributed by atoms with Gasteiger partial charge in [-0.1, -0.05) is 11.8 Å². The minimum absolute atomic E-state index is 0.443. The van der Waals surface area contributed by atoms with Gasteiger partial charge in [0.15, 0.2) is 6.29 Å². The standard InChI is InChI=1S/C18H31N3O9S/c1-7(15(19)25)20-16(26)9(3)31-17(27)8(2)29-14-12(21-10(4)23)18(28-5)30-11(6-22)13(14)24/h7-9,11-14,18,22,24H,6H2,1-5H3,(H2,19,25)(H,20,26)(H,21,23)/t7-,8-,9+,11-,12-,13-,14-,18+/m1/s1. The van der Waals surface area contributed by atoms with Gasteiger partial charge >= 0.3 is 0 Å². The lowest BCUT2D eigenvalue weighted by atomic mass is 9.96. The maximum atomic E-state index is 12.6. The second-order valence-corrected chi connectivity index (χ2v) is 8.48. The lowest BCUT2D eigenvalue weighted by Gasteiger charge is -2.44. The van der Waals surface area contributed by atoms with E-state index in [-0.39, 0.29) is 0 Å². The van der Waals surface area contributed by atoms with Gasteiger partial charge < -0.3 is 40.8 Å². The number of aliphatic hydroxyl groups is 2. The smallest absolute Gasteiger partial charge is 0.239 e. The van der Waals surface area contributed by atoms with Crippen molar-refractivity contribution in [2.24, 2.45) is 5.73 Å². The van der Waals surface area contributed by atoms with E-state index in [1.54, 1.807) is 0 Å². The molecule has 0 aliphatic carbocycles. The van der Waals surface area contributed by atoms with Crippen LogP contribution in [0.3, 0.4) is 0 Å². The average molecular weight is 466 g/mol. The number of amides is 3. The average Bonchev–Trinajstić information content (AvgIpc) is 2.69. The zero-order valence-electron chi connectivity index (χ0n) is 18.1. The van der Waals surface area contributed by atoms with E-state index in [1.807, 2.05) is 0 Å². The molecule has 0 radical (unpaired) electrons. The number of nitrogens with two attached hydrogens (primary N) is 1. The van der Waals surface area contributed by atoms with E-state index < -0.39 is 77.5 Å². The minimum atomic E-state index is -1.37. The molecule has 1 aliphatic heterocycles. The van der Waals surface area contributed by atoms with E-state index in [0.29, 0.717) is 11.8 Å². The molecule has 0 unspecified atom stereocenters. The van der Waals surface area contributed by atoms with Crippen molar-refractivity contribution >= 4 is 34.6 Å². The third kappa shape index (κ3) is 7.70. The Bertz CT molecular complexity index is 665. The number of hydrogen-bond donors (Lipinski definition) is 5. The Kier molecular flexibility index (Phi) is 10.8. The molecule has 1 aliphatic rings. The Hall–Kier alpha value is -1.77. The molecule has 1 rings (SSSR count). The molecule has 12 nitrogen and oxygen atoms in total. The minimum Gasteiger partial charge on any atom is -0.394 e. The van der Waals surface area contributed by atoms with E-state index in [1.165, 1.54) is 34.8 Å². The summed E-state index contributed by atoms with van der Waals surface area (Å²) < 4.78 is 16.4. The SMILES string of the molecule is CO[C@H]1O[C@H](CO)[C@@H](O)[C@H](O[C@H](C)C(=O)S[C@@H](C)C(=O)N[C@H](C)C(N)=O)[C@H]1NC(C)=O. The van der Waals surface area contributed by atoms with Gasteiger partial charge in [0, 0.05) is 14.0 Å². The molecule has 0 aromatic heterocycles. The largest absolute Gasteiger partial charge is 0.394 e. The first-order valence-electron chi connectivity index (χ1n) is 9.62. The Morgan fingerprint density at radius 2 is 1.84 bits per heavy atom. The van der Waals surface area contributed by atoms with Crippen LogP contribution in [0, 0.1) is 0 Å². The van der Waals surface area contributed by atoms with Gasteiger partial charge in [0.25, 0.3) is 0 Å². The second kappa shape index (κ2) is 12.3. The van der Waals surface area contributed by atoms with Gasteiger partial charge in [-0.25, -0.2) is 0 Å². The molecule has 1 fully saturated rings. The predicted molar refractivity (Wildman–Crippen MR) is 110 cm³/mol. The summed E-state index contributed by atoms with van der Waals surface area (Å²) in [5.41, 5.74) is 5.10. The number of rotatable bonds is 10. The molecular formula is C18H31N3O9S. The molecule has 0 saturated carbocycles. The fraction of sp³-hybridized carbons (Fsp3) is 0.778. The van der Waals surface area contributed by atoms with Crippen molar-refractivity contribution in [2.45, 2.75) is 75.7 Å². The van der Waals surface area contributed by atoms with Crippen LogP contribution < -0.4 is 16.4 Å². The molecule has 8 atom stereocenters. The summed E-state index contributed by atoms with van der Waals surface area (Å²) in [7, 11) is 1.32. The van der Waals surface area contributed by atoms with Crippen molar-refractivity contribution in [3.8, 4) is 0 Å². The van der Waals surface area contributed by atoms with Gasteiger partial charge in [-0.05, 0) is 20.8 Å². The van der Waals surface area contributed by atoms with Gasteiger partial charge in [0.2, 0.25) is 22.8 Å². The number of primary amides is 1. The van der Waals surface area contributed by atoms with E-state index in [9.17, 15) is 29.4 Å². The number of aliphatic hydroxyl groups excluding tert-OH is 2. The molecule has 1 saturated heterocycles. The molecule has 3 amide bonds. The van der Waals surface area contributed by atoms with Crippen LogP contribution in [-0.4, -0.2) is 94.8 Å². The van der Waals surface area contributed by atoms with Crippen LogP contribution in [0.5, 0.6) is 0 Å². The quantitative estimate of drug-likeness (QED) is 0.233. The summed E-state index contributed by atoms with van der Waals surface area (Å²) >= 11 is 0.679. The third-order valence-corrected chi connectivity index (χ3v) is 5.73. The highest BCUT2D eigenvalue weighted by Gasteiger charge is 2.47. The van der Waals surface area contributed by atoms with Gasteiger partial charge in [-0.2, -0.15) is 0 Å². The Balaban J connectivity index is 2.86.